The molecule has 6 heteroatoms. The third kappa shape index (κ3) is 2.88. The second-order valence-corrected chi connectivity index (χ2v) is 7.42. The summed E-state index contributed by atoms with van der Waals surface area (Å²) in [6.07, 6.45) is 5.77. The van der Waals surface area contributed by atoms with Crippen molar-refractivity contribution in [2.45, 2.75) is 32.6 Å². The molecule has 134 valence electrons. The minimum atomic E-state index is -0.324. The Morgan fingerprint density at radius 3 is 2.81 bits per heavy atom. The SMILES string of the molecule is CCOC(=O)c1[nH]c(/C=C2\C(=O)Nc3cc(Br)ccc32)c2c1CCCC2. The highest BCUT2D eigenvalue weighted by atomic mass is 79.9. The van der Waals surface area contributed by atoms with E-state index in [1.165, 1.54) is 0 Å². The predicted molar refractivity (Wildman–Crippen MR) is 104 cm³/mol. The van der Waals surface area contributed by atoms with Gasteiger partial charge in [-0.1, -0.05) is 22.0 Å². The number of anilines is 1. The van der Waals surface area contributed by atoms with Crippen LogP contribution >= 0.6 is 15.9 Å². The monoisotopic (exact) mass is 414 g/mol. The third-order valence-electron chi connectivity index (χ3n) is 4.89. The van der Waals surface area contributed by atoms with E-state index in [1.54, 1.807) is 6.92 Å². The lowest BCUT2D eigenvalue weighted by Crippen LogP contribution is -2.10. The molecule has 4 rings (SSSR count). The number of carbonyl (C=O) groups is 2. The van der Waals surface area contributed by atoms with Gasteiger partial charge in [0.2, 0.25) is 0 Å². The molecule has 1 aliphatic heterocycles. The fourth-order valence-electron chi connectivity index (χ4n) is 3.72. The van der Waals surface area contributed by atoms with Gasteiger partial charge < -0.3 is 15.0 Å². The summed E-state index contributed by atoms with van der Waals surface area (Å²) >= 11 is 3.43. The van der Waals surface area contributed by atoms with Gasteiger partial charge in [0.15, 0.2) is 0 Å². The highest BCUT2D eigenvalue weighted by Crippen LogP contribution is 2.37. The van der Waals surface area contributed by atoms with Gasteiger partial charge in [-0.25, -0.2) is 4.79 Å². The standard InChI is InChI=1S/C20H19BrN2O3/c1-2-26-20(25)18-14-6-4-3-5-12(14)17(22-18)10-15-13-8-7-11(21)9-16(13)23-19(15)24/h7-10,22H,2-6H2,1H3,(H,23,24)/b15-10-. The van der Waals surface area contributed by atoms with Crippen molar-refractivity contribution in [3.05, 3.63) is 50.8 Å². The van der Waals surface area contributed by atoms with E-state index in [9.17, 15) is 9.59 Å². The number of hydrogen-bond acceptors (Lipinski definition) is 3. The molecule has 2 aliphatic rings. The molecule has 2 aromatic rings. The van der Waals surface area contributed by atoms with Crippen molar-refractivity contribution in [1.82, 2.24) is 4.98 Å². The Morgan fingerprint density at radius 1 is 1.27 bits per heavy atom. The molecule has 0 saturated heterocycles. The zero-order chi connectivity index (χ0) is 18.3. The number of rotatable bonds is 3. The van der Waals surface area contributed by atoms with Crippen LogP contribution in [0.25, 0.3) is 11.6 Å². The highest BCUT2D eigenvalue weighted by molar-refractivity contribution is 9.10. The normalized spacial score (nSPS) is 17.0. The number of hydrogen-bond donors (Lipinski definition) is 2. The van der Waals surface area contributed by atoms with Crippen molar-refractivity contribution in [2.24, 2.45) is 0 Å². The van der Waals surface area contributed by atoms with Crippen molar-refractivity contribution in [2.75, 3.05) is 11.9 Å². The minimum Gasteiger partial charge on any atom is -0.461 e. The summed E-state index contributed by atoms with van der Waals surface area (Å²) < 4.78 is 6.11. The van der Waals surface area contributed by atoms with E-state index in [0.29, 0.717) is 17.9 Å². The first-order valence-corrected chi connectivity index (χ1v) is 9.61. The number of halogens is 1. The van der Waals surface area contributed by atoms with Crippen molar-refractivity contribution < 1.29 is 14.3 Å². The van der Waals surface area contributed by atoms with Gasteiger partial charge in [-0.2, -0.15) is 0 Å². The van der Waals surface area contributed by atoms with Gasteiger partial charge in [0, 0.05) is 15.7 Å². The van der Waals surface area contributed by atoms with Crippen molar-refractivity contribution in [3.8, 4) is 0 Å². The number of esters is 1. The first-order valence-electron chi connectivity index (χ1n) is 8.82. The third-order valence-corrected chi connectivity index (χ3v) is 5.38. The summed E-state index contributed by atoms with van der Waals surface area (Å²) in [5, 5.41) is 2.90. The number of nitrogens with one attached hydrogen (secondary N) is 2. The second kappa shape index (κ2) is 6.76. The molecular formula is C20H19BrN2O3. The van der Waals surface area contributed by atoms with E-state index in [2.05, 4.69) is 26.2 Å². The van der Waals surface area contributed by atoms with Crippen LogP contribution in [0.2, 0.25) is 0 Å². The van der Waals surface area contributed by atoms with E-state index >= 15 is 0 Å². The van der Waals surface area contributed by atoms with Crippen molar-refractivity contribution >= 4 is 45.1 Å². The maximum Gasteiger partial charge on any atom is 0.355 e. The number of carbonyl (C=O) groups excluding carboxylic acids is 2. The van der Waals surface area contributed by atoms with Crippen LogP contribution in [0.1, 0.15) is 52.6 Å². The number of ether oxygens (including phenoxy) is 1. The van der Waals surface area contributed by atoms with E-state index in [0.717, 1.165) is 58.2 Å². The van der Waals surface area contributed by atoms with Gasteiger partial charge in [-0.3, -0.25) is 4.79 Å². The minimum absolute atomic E-state index is 0.130. The average Bonchev–Trinajstić information content (AvgIpc) is 3.13. The van der Waals surface area contributed by atoms with E-state index in [-0.39, 0.29) is 11.9 Å². The predicted octanol–water partition coefficient (Wildman–Crippen LogP) is 4.33. The van der Waals surface area contributed by atoms with Crippen LogP contribution in [0.5, 0.6) is 0 Å². The van der Waals surface area contributed by atoms with Gasteiger partial charge in [-0.05, 0) is 61.9 Å². The van der Waals surface area contributed by atoms with Crippen LogP contribution in [0, 0.1) is 0 Å². The van der Waals surface area contributed by atoms with E-state index < -0.39 is 0 Å². The summed E-state index contributed by atoms with van der Waals surface area (Å²) in [7, 11) is 0. The quantitative estimate of drug-likeness (QED) is 0.579. The van der Waals surface area contributed by atoms with Crippen molar-refractivity contribution in [1.29, 1.82) is 0 Å². The van der Waals surface area contributed by atoms with Crippen LogP contribution in [0.15, 0.2) is 22.7 Å². The Labute approximate surface area is 159 Å². The topological polar surface area (TPSA) is 71.2 Å². The summed E-state index contributed by atoms with van der Waals surface area (Å²) in [5.74, 6) is -0.453. The number of H-pyrrole nitrogens is 1. The molecule has 1 aromatic heterocycles. The summed E-state index contributed by atoms with van der Waals surface area (Å²) in [6.45, 7) is 2.14. The largest absolute Gasteiger partial charge is 0.461 e. The Bertz CT molecular complexity index is 943. The van der Waals surface area contributed by atoms with Crippen LogP contribution in [-0.4, -0.2) is 23.5 Å². The van der Waals surface area contributed by atoms with Crippen LogP contribution < -0.4 is 5.32 Å². The molecule has 1 aromatic carbocycles. The molecule has 2 heterocycles. The molecule has 0 radical (unpaired) electrons. The number of aromatic nitrogens is 1. The molecule has 0 fully saturated rings. The number of aromatic amines is 1. The first-order chi connectivity index (χ1) is 12.6. The smallest absolute Gasteiger partial charge is 0.355 e. The molecule has 0 atom stereocenters. The van der Waals surface area contributed by atoms with Gasteiger partial charge in [0.25, 0.3) is 5.91 Å². The fraction of sp³-hybridized carbons (Fsp3) is 0.300. The molecule has 2 N–H and O–H groups in total. The van der Waals surface area contributed by atoms with Gasteiger partial charge in [-0.15, -0.1) is 0 Å². The maximum atomic E-state index is 12.5. The summed E-state index contributed by atoms with van der Waals surface area (Å²) in [4.78, 5) is 28.0. The van der Waals surface area contributed by atoms with Crippen LogP contribution in [-0.2, 0) is 22.4 Å². The zero-order valence-electron chi connectivity index (χ0n) is 14.4. The molecular weight excluding hydrogens is 396 g/mol. The number of benzene rings is 1. The van der Waals surface area contributed by atoms with E-state index in [4.69, 9.17) is 4.74 Å². The molecule has 0 bridgehead atoms. The fourth-order valence-corrected chi connectivity index (χ4v) is 4.08. The van der Waals surface area contributed by atoms with Crippen molar-refractivity contribution in [3.63, 3.8) is 0 Å². The zero-order valence-corrected chi connectivity index (χ0v) is 16.0. The molecule has 1 amide bonds. The average molecular weight is 415 g/mol. The Kier molecular flexibility index (Phi) is 4.44. The van der Waals surface area contributed by atoms with Gasteiger partial charge >= 0.3 is 5.97 Å². The molecule has 1 aliphatic carbocycles. The molecule has 26 heavy (non-hydrogen) atoms. The highest BCUT2D eigenvalue weighted by Gasteiger charge is 2.28. The molecule has 0 unspecified atom stereocenters. The lowest BCUT2D eigenvalue weighted by Gasteiger charge is -2.13. The van der Waals surface area contributed by atoms with Gasteiger partial charge in [0.1, 0.15) is 5.69 Å². The van der Waals surface area contributed by atoms with Crippen LogP contribution in [0.4, 0.5) is 5.69 Å². The second-order valence-electron chi connectivity index (χ2n) is 6.50. The Balaban J connectivity index is 1.81. The summed E-state index contributed by atoms with van der Waals surface area (Å²) in [5.41, 5.74) is 5.81. The van der Waals surface area contributed by atoms with Gasteiger partial charge in [0.05, 0.1) is 17.9 Å². The Morgan fingerprint density at radius 2 is 2.04 bits per heavy atom. The first kappa shape index (κ1) is 17.1. The van der Waals surface area contributed by atoms with Crippen LogP contribution in [0.3, 0.4) is 0 Å². The lowest BCUT2D eigenvalue weighted by atomic mass is 9.91. The number of amides is 1. The molecule has 0 spiro atoms. The molecule has 5 nitrogen and oxygen atoms in total. The molecule has 0 saturated carbocycles. The maximum absolute atomic E-state index is 12.5. The lowest BCUT2D eigenvalue weighted by molar-refractivity contribution is -0.110. The Hall–Kier alpha value is -2.34. The number of fused-ring (bicyclic) bond motifs is 2. The summed E-state index contributed by atoms with van der Waals surface area (Å²) in [6, 6.07) is 5.73. The van der Waals surface area contributed by atoms with E-state index in [1.807, 2.05) is 24.3 Å².